The molecule has 1 aromatic carbocycles. The molecule has 34 heavy (non-hydrogen) atoms. The summed E-state index contributed by atoms with van der Waals surface area (Å²) in [5, 5.41) is 2.91. The van der Waals surface area contributed by atoms with Gasteiger partial charge in [0.15, 0.2) is 0 Å². The van der Waals surface area contributed by atoms with E-state index in [4.69, 9.17) is 11.2 Å². The first-order valence-electron chi connectivity index (χ1n) is 12.6. The molecule has 2 saturated carbocycles. The number of aromatic amines is 1. The Bertz CT molecular complexity index is 987. The first kappa shape index (κ1) is 24.1. The number of esters is 1. The lowest BCUT2D eigenvalue weighted by atomic mass is 9.76. The van der Waals surface area contributed by atoms with Crippen LogP contribution in [0.5, 0.6) is 0 Å². The Labute approximate surface area is 202 Å². The lowest BCUT2D eigenvalue weighted by Gasteiger charge is -2.29. The molecule has 4 rings (SSSR count). The summed E-state index contributed by atoms with van der Waals surface area (Å²) in [6.07, 6.45) is 21.3. The van der Waals surface area contributed by atoms with Crippen LogP contribution in [0.1, 0.15) is 109 Å². The van der Waals surface area contributed by atoms with E-state index >= 15 is 0 Å². The summed E-state index contributed by atoms with van der Waals surface area (Å²) in [4.78, 5) is 32.9. The summed E-state index contributed by atoms with van der Waals surface area (Å²) in [7, 11) is 1.33. The molecule has 180 valence electrons. The minimum atomic E-state index is -0.804. The average molecular weight is 462 g/mol. The van der Waals surface area contributed by atoms with Crippen LogP contribution in [0, 0.1) is 12.3 Å². The number of carbonyl (C=O) groups excluding carboxylic acids is 2. The minimum Gasteiger partial charge on any atom is -0.467 e. The summed E-state index contributed by atoms with van der Waals surface area (Å²) in [6, 6.07) is 3.16. The summed E-state index contributed by atoms with van der Waals surface area (Å²) in [6.45, 7) is 0. The third-order valence-electron chi connectivity index (χ3n) is 7.47. The van der Waals surface area contributed by atoms with Gasteiger partial charge < -0.3 is 15.0 Å². The van der Waals surface area contributed by atoms with E-state index in [1.807, 2.05) is 12.1 Å². The van der Waals surface area contributed by atoms with Crippen LogP contribution >= 0.6 is 0 Å². The molecule has 0 unspecified atom stereocenters. The van der Waals surface area contributed by atoms with E-state index in [0.29, 0.717) is 17.4 Å². The first-order valence-corrected chi connectivity index (χ1v) is 12.6. The molecule has 2 aliphatic carbocycles. The van der Waals surface area contributed by atoms with Gasteiger partial charge in [-0.15, -0.1) is 6.42 Å². The van der Waals surface area contributed by atoms with Crippen molar-refractivity contribution in [1.29, 1.82) is 0 Å². The summed E-state index contributed by atoms with van der Waals surface area (Å²) in [5.41, 5.74) is 4.61. The van der Waals surface area contributed by atoms with Gasteiger partial charge in [-0.25, -0.2) is 9.78 Å². The minimum absolute atomic E-state index is 0.271. The van der Waals surface area contributed by atoms with Crippen LogP contribution < -0.4 is 5.32 Å². The zero-order valence-corrected chi connectivity index (χ0v) is 20.1. The van der Waals surface area contributed by atoms with E-state index in [1.54, 1.807) is 12.5 Å². The number of nitrogens with one attached hydrogen (secondary N) is 2. The second-order valence-corrected chi connectivity index (χ2v) is 9.67. The lowest BCUT2D eigenvalue weighted by Crippen LogP contribution is -2.43. The normalized spacial score (nSPS) is 18.1. The van der Waals surface area contributed by atoms with Crippen LogP contribution in [0.4, 0.5) is 0 Å². The van der Waals surface area contributed by atoms with Crippen LogP contribution in [-0.4, -0.2) is 35.0 Å². The largest absolute Gasteiger partial charge is 0.467 e. The Kier molecular flexibility index (Phi) is 8.05. The maximum absolute atomic E-state index is 13.5. The Balaban J connectivity index is 1.68. The molecule has 0 bridgehead atoms. The van der Waals surface area contributed by atoms with Gasteiger partial charge in [0.1, 0.15) is 6.04 Å². The lowest BCUT2D eigenvalue weighted by molar-refractivity contribution is -0.142. The molecule has 2 aliphatic rings. The van der Waals surface area contributed by atoms with Gasteiger partial charge in [0, 0.05) is 29.4 Å². The molecule has 0 radical (unpaired) electrons. The number of ether oxygens (including phenoxy) is 1. The molecule has 6 nitrogen and oxygen atoms in total. The molecule has 2 aromatic rings. The molecule has 1 amide bonds. The van der Waals surface area contributed by atoms with Crippen molar-refractivity contribution in [2.75, 3.05) is 7.11 Å². The smallest absolute Gasteiger partial charge is 0.328 e. The van der Waals surface area contributed by atoms with E-state index in [9.17, 15) is 9.59 Å². The summed E-state index contributed by atoms with van der Waals surface area (Å²) >= 11 is 0. The molecule has 1 heterocycles. The molecule has 2 fully saturated rings. The predicted molar refractivity (Wildman–Crippen MR) is 132 cm³/mol. The van der Waals surface area contributed by atoms with Crippen molar-refractivity contribution in [1.82, 2.24) is 15.3 Å². The maximum atomic E-state index is 13.5. The van der Waals surface area contributed by atoms with Crippen molar-refractivity contribution in [2.24, 2.45) is 0 Å². The number of terminal acetylenes is 1. The van der Waals surface area contributed by atoms with Crippen molar-refractivity contribution in [3.8, 4) is 12.3 Å². The van der Waals surface area contributed by atoms with Crippen LogP contribution in [0.2, 0.25) is 0 Å². The first-order chi connectivity index (χ1) is 16.6. The Morgan fingerprint density at radius 2 is 1.68 bits per heavy atom. The van der Waals surface area contributed by atoms with E-state index in [1.165, 1.54) is 45.6 Å². The fraction of sp³-hybridized carbons (Fsp3) is 0.536. The van der Waals surface area contributed by atoms with Crippen molar-refractivity contribution < 1.29 is 14.3 Å². The van der Waals surface area contributed by atoms with Crippen molar-refractivity contribution in [3.05, 3.63) is 52.6 Å². The topological polar surface area (TPSA) is 84.1 Å². The summed E-state index contributed by atoms with van der Waals surface area (Å²) in [5.74, 6) is 3.02. The number of imidazole rings is 1. The monoisotopic (exact) mass is 461 g/mol. The quantitative estimate of drug-likeness (QED) is 0.449. The molecular weight excluding hydrogens is 426 g/mol. The molecule has 0 spiro atoms. The Morgan fingerprint density at radius 1 is 1.09 bits per heavy atom. The third kappa shape index (κ3) is 5.52. The average Bonchev–Trinajstić information content (AvgIpc) is 3.41. The number of aromatic nitrogens is 2. The number of H-pyrrole nitrogens is 1. The maximum Gasteiger partial charge on any atom is 0.328 e. The fourth-order valence-corrected chi connectivity index (χ4v) is 5.65. The number of methoxy groups -OCH3 is 1. The van der Waals surface area contributed by atoms with Crippen LogP contribution in [0.15, 0.2) is 24.7 Å². The van der Waals surface area contributed by atoms with Crippen LogP contribution in [0.3, 0.4) is 0 Å². The molecule has 1 aromatic heterocycles. The van der Waals surface area contributed by atoms with Gasteiger partial charge in [0.05, 0.1) is 13.4 Å². The van der Waals surface area contributed by atoms with Gasteiger partial charge in [-0.2, -0.15) is 0 Å². The molecule has 1 atom stereocenters. The zero-order valence-electron chi connectivity index (χ0n) is 20.1. The molecular formula is C28H35N3O3. The van der Waals surface area contributed by atoms with Crippen molar-refractivity contribution in [2.45, 2.75) is 88.5 Å². The van der Waals surface area contributed by atoms with E-state index in [0.717, 1.165) is 48.1 Å². The van der Waals surface area contributed by atoms with Crippen LogP contribution in [-0.2, 0) is 16.0 Å². The van der Waals surface area contributed by atoms with Gasteiger partial charge in [0.2, 0.25) is 0 Å². The van der Waals surface area contributed by atoms with E-state index in [2.05, 4.69) is 21.2 Å². The molecule has 6 heteroatoms. The van der Waals surface area contributed by atoms with Gasteiger partial charge >= 0.3 is 5.97 Å². The second kappa shape index (κ2) is 11.4. The van der Waals surface area contributed by atoms with Gasteiger partial charge in [-0.05, 0) is 60.8 Å². The number of amides is 1. The Morgan fingerprint density at radius 3 is 2.15 bits per heavy atom. The van der Waals surface area contributed by atoms with E-state index in [-0.39, 0.29) is 12.3 Å². The Hall–Kier alpha value is -3.07. The highest BCUT2D eigenvalue weighted by molar-refractivity contribution is 5.97. The zero-order chi connectivity index (χ0) is 23.9. The van der Waals surface area contributed by atoms with E-state index < -0.39 is 12.0 Å². The number of rotatable bonds is 7. The van der Waals surface area contributed by atoms with Crippen LogP contribution in [0.25, 0.3) is 0 Å². The standard InChI is InChI=1S/C28H35N3O3/c1-3-23-24(19-10-6-4-7-11-19)14-21(15-25(23)20-12-8-5-9-13-20)27(32)31-26(28(33)34-2)16-22-17-29-18-30-22/h1,14-15,17-20,26H,4-13,16H2,2H3,(H,29,30)(H,31,32)/t26-/m1/s1. The highest BCUT2D eigenvalue weighted by atomic mass is 16.5. The van der Waals surface area contributed by atoms with Crippen molar-refractivity contribution in [3.63, 3.8) is 0 Å². The number of hydrogen-bond acceptors (Lipinski definition) is 4. The van der Waals surface area contributed by atoms with Gasteiger partial charge in [0.25, 0.3) is 5.91 Å². The predicted octanol–water partition coefficient (Wildman–Crippen LogP) is 5.00. The number of hydrogen-bond donors (Lipinski definition) is 2. The number of carbonyl (C=O) groups is 2. The fourth-order valence-electron chi connectivity index (χ4n) is 5.65. The van der Waals surface area contributed by atoms with Gasteiger partial charge in [-0.3, -0.25) is 4.79 Å². The third-order valence-corrected chi connectivity index (χ3v) is 7.47. The van der Waals surface area contributed by atoms with Gasteiger partial charge in [-0.1, -0.05) is 44.4 Å². The van der Waals surface area contributed by atoms with Crippen molar-refractivity contribution >= 4 is 11.9 Å². The SMILES string of the molecule is C#Cc1c(C2CCCCC2)cc(C(=O)N[C@H](Cc2cnc[nH]2)C(=O)OC)cc1C1CCCCC1. The number of nitrogens with zero attached hydrogens (tertiary/aromatic N) is 1. The molecule has 0 saturated heterocycles. The molecule has 0 aliphatic heterocycles. The summed E-state index contributed by atoms with van der Waals surface area (Å²) < 4.78 is 4.96. The highest BCUT2D eigenvalue weighted by Crippen LogP contribution is 2.40. The second-order valence-electron chi connectivity index (χ2n) is 9.67. The number of benzene rings is 1. The highest BCUT2D eigenvalue weighted by Gasteiger charge is 2.28. The molecule has 2 N–H and O–H groups in total.